The van der Waals surface area contributed by atoms with E-state index in [1.807, 2.05) is 0 Å². The highest BCUT2D eigenvalue weighted by molar-refractivity contribution is 5.33. The summed E-state index contributed by atoms with van der Waals surface area (Å²) in [6.07, 6.45) is 13.3. The van der Waals surface area contributed by atoms with E-state index in [9.17, 15) is 8.78 Å². The standard InChI is InChI=1S/C24H34F2O2/c1-3-5-6-7-20-13-12-19(16-28-20)17-8-10-18(11-9-17)21-14-15-22(27-4-2)24(26)23(21)25/h6-7,14-15,17-20H,3-5,8-13,16H2,1-2H3/b7-6+. The molecule has 2 atom stereocenters. The molecule has 28 heavy (non-hydrogen) atoms. The van der Waals surface area contributed by atoms with E-state index in [0.29, 0.717) is 24.0 Å². The Hall–Kier alpha value is -1.42. The van der Waals surface area contributed by atoms with Gasteiger partial charge in [0, 0.05) is 0 Å². The zero-order valence-electron chi connectivity index (χ0n) is 17.3. The first-order valence-electron chi connectivity index (χ1n) is 11.0. The predicted molar refractivity (Wildman–Crippen MR) is 109 cm³/mol. The average Bonchev–Trinajstić information content (AvgIpc) is 2.73. The molecule has 0 spiro atoms. The molecule has 2 nitrogen and oxygen atoms in total. The van der Waals surface area contributed by atoms with Crippen LogP contribution < -0.4 is 4.74 Å². The van der Waals surface area contributed by atoms with Gasteiger partial charge in [-0.15, -0.1) is 0 Å². The van der Waals surface area contributed by atoms with Crippen molar-refractivity contribution in [1.29, 1.82) is 0 Å². The lowest BCUT2D eigenvalue weighted by atomic mass is 9.72. The Kier molecular flexibility index (Phi) is 7.90. The molecule has 3 rings (SSSR count). The van der Waals surface area contributed by atoms with Gasteiger partial charge in [-0.2, -0.15) is 4.39 Å². The minimum absolute atomic E-state index is 0.0133. The lowest BCUT2D eigenvalue weighted by molar-refractivity contribution is -0.0150. The van der Waals surface area contributed by atoms with Gasteiger partial charge in [-0.3, -0.25) is 0 Å². The quantitative estimate of drug-likeness (QED) is 0.476. The highest BCUT2D eigenvalue weighted by atomic mass is 19.2. The lowest BCUT2D eigenvalue weighted by Crippen LogP contribution is -2.31. The first-order valence-corrected chi connectivity index (χ1v) is 11.0. The molecule has 1 saturated carbocycles. The topological polar surface area (TPSA) is 18.5 Å². The molecule has 0 bridgehead atoms. The van der Waals surface area contributed by atoms with Gasteiger partial charge in [-0.25, -0.2) is 4.39 Å². The van der Waals surface area contributed by atoms with Crippen LogP contribution >= 0.6 is 0 Å². The number of hydrogen-bond acceptors (Lipinski definition) is 2. The first-order chi connectivity index (χ1) is 13.6. The van der Waals surface area contributed by atoms with Crippen molar-refractivity contribution in [3.63, 3.8) is 0 Å². The summed E-state index contributed by atoms with van der Waals surface area (Å²) in [5.74, 6) is -0.192. The third kappa shape index (κ3) is 5.14. The summed E-state index contributed by atoms with van der Waals surface area (Å²) in [5, 5.41) is 0. The van der Waals surface area contributed by atoms with Gasteiger partial charge in [-0.1, -0.05) is 31.6 Å². The maximum absolute atomic E-state index is 14.5. The number of halogens is 2. The van der Waals surface area contributed by atoms with E-state index >= 15 is 0 Å². The molecule has 1 aromatic carbocycles. The molecule has 0 radical (unpaired) electrons. The molecule has 0 aromatic heterocycles. The second kappa shape index (κ2) is 10.4. The van der Waals surface area contributed by atoms with E-state index in [1.165, 1.54) is 12.8 Å². The van der Waals surface area contributed by atoms with Crippen LogP contribution in [-0.4, -0.2) is 19.3 Å². The molecule has 2 unspecified atom stereocenters. The van der Waals surface area contributed by atoms with Crippen LogP contribution in [0, 0.1) is 23.5 Å². The predicted octanol–water partition coefficient (Wildman–Crippen LogP) is 6.79. The fourth-order valence-electron chi connectivity index (χ4n) is 4.76. The van der Waals surface area contributed by atoms with Crippen LogP contribution in [0.1, 0.15) is 76.7 Å². The zero-order chi connectivity index (χ0) is 19.9. The summed E-state index contributed by atoms with van der Waals surface area (Å²) in [6.45, 7) is 5.12. The Labute approximate surface area is 168 Å². The molecular formula is C24H34F2O2. The minimum Gasteiger partial charge on any atom is -0.491 e. The Morgan fingerprint density at radius 3 is 2.39 bits per heavy atom. The molecule has 1 aromatic rings. The summed E-state index contributed by atoms with van der Waals surface area (Å²) in [6, 6.07) is 3.29. The van der Waals surface area contributed by atoms with Crippen molar-refractivity contribution < 1.29 is 18.3 Å². The van der Waals surface area contributed by atoms with Crippen LogP contribution in [0.4, 0.5) is 8.78 Å². The molecule has 1 saturated heterocycles. The van der Waals surface area contributed by atoms with Crippen LogP contribution in [0.5, 0.6) is 5.75 Å². The van der Waals surface area contributed by atoms with Gasteiger partial charge >= 0.3 is 0 Å². The van der Waals surface area contributed by atoms with Gasteiger partial charge in [0.15, 0.2) is 11.6 Å². The molecule has 4 heteroatoms. The molecule has 1 aliphatic carbocycles. The van der Waals surface area contributed by atoms with E-state index in [0.717, 1.165) is 45.1 Å². The van der Waals surface area contributed by atoms with Crippen molar-refractivity contribution in [3.05, 3.63) is 41.5 Å². The number of hydrogen-bond donors (Lipinski definition) is 0. The largest absolute Gasteiger partial charge is 0.491 e. The van der Waals surface area contributed by atoms with Gasteiger partial charge in [0.05, 0.1) is 19.3 Å². The van der Waals surface area contributed by atoms with Crippen LogP contribution in [0.25, 0.3) is 0 Å². The Morgan fingerprint density at radius 2 is 1.75 bits per heavy atom. The van der Waals surface area contributed by atoms with Crippen molar-refractivity contribution >= 4 is 0 Å². The van der Waals surface area contributed by atoms with Gasteiger partial charge in [-0.05, 0) is 81.3 Å². The van der Waals surface area contributed by atoms with Crippen molar-refractivity contribution in [3.8, 4) is 5.75 Å². The van der Waals surface area contributed by atoms with Crippen molar-refractivity contribution in [1.82, 2.24) is 0 Å². The van der Waals surface area contributed by atoms with E-state index in [4.69, 9.17) is 9.47 Å². The van der Waals surface area contributed by atoms with E-state index in [1.54, 1.807) is 19.1 Å². The summed E-state index contributed by atoms with van der Waals surface area (Å²) < 4.78 is 39.9. The maximum Gasteiger partial charge on any atom is 0.200 e. The third-order valence-electron chi connectivity index (χ3n) is 6.41. The van der Waals surface area contributed by atoms with Crippen LogP contribution in [0.2, 0.25) is 0 Å². The maximum atomic E-state index is 14.5. The Morgan fingerprint density at radius 1 is 1.00 bits per heavy atom. The molecule has 1 heterocycles. The average molecular weight is 393 g/mol. The van der Waals surface area contributed by atoms with Crippen molar-refractivity contribution in [2.24, 2.45) is 11.8 Å². The minimum atomic E-state index is -0.843. The second-order valence-electron chi connectivity index (χ2n) is 8.25. The van der Waals surface area contributed by atoms with Gasteiger partial charge in [0.1, 0.15) is 0 Å². The first kappa shape index (κ1) is 21.3. The van der Waals surface area contributed by atoms with E-state index in [-0.39, 0.29) is 17.8 Å². The second-order valence-corrected chi connectivity index (χ2v) is 8.25. The Balaban J connectivity index is 1.51. The fraction of sp³-hybridized carbons (Fsp3) is 0.667. The summed E-state index contributed by atoms with van der Waals surface area (Å²) in [5.41, 5.74) is 0.514. The van der Waals surface area contributed by atoms with E-state index < -0.39 is 11.6 Å². The molecule has 1 aliphatic heterocycles. The molecule has 0 amide bonds. The number of unbranched alkanes of at least 4 members (excludes halogenated alkanes) is 1. The third-order valence-corrected chi connectivity index (χ3v) is 6.41. The lowest BCUT2D eigenvalue weighted by Gasteiger charge is -2.37. The molecule has 2 fully saturated rings. The number of benzene rings is 1. The molecule has 156 valence electrons. The number of rotatable bonds is 7. The van der Waals surface area contributed by atoms with Crippen LogP contribution in [0.15, 0.2) is 24.3 Å². The number of ether oxygens (including phenoxy) is 2. The van der Waals surface area contributed by atoms with Crippen molar-refractivity contribution in [2.75, 3.05) is 13.2 Å². The van der Waals surface area contributed by atoms with E-state index in [2.05, 4.69) is 19.1 Å². The highest BCUT2D eigenvalue weighted by Gasteiger charge is 2.32. The molecule has 0 N–H and O–H groups in total. The fourth-order valence-corrected chi connectivity index (χ4v) is 4.76. The Bertz CT molecular complexity index is 642. The van der Waals surface area contributed by atoms with Crippen LogP contribution in [0.3, 0.4) is 0 Å². The van der Waals surface area contributed by atoms with Gasteiger partial charge in [0.25, 0.3) is 0 Å². The van der Waals surface area contributed by atoms with Gasteiger partial charge in [0.2, 0.25) is 5.82 Å². The summed E-state index contributed by atoms with van der Waals surface area (Å²) in [7, 11) is 0. The summed E-state index contributed by atoms with van der Waals surface area (Å²) >= 11 is 0. The van der Waals surface area contributed by atoms with Gasteiger partial charge < -0.3 is 9.47 Å². The smallest absolute Gasteiger partial charge is 0.200 e. The zero-order valence-corrected chi connectivity index (χ0v) is 17.3. The monoisotopic (exact) mass is 392 g/mol. The molecule has 2 aliphatic rings. The van der Waals surface area contributed by atoms with Crippen molar-refractivity contribution in [2.45, 2.75) is 77.2 Å². The highest BCUT2D eigenvalue weighted by Crippen LogP contribution is 2.42. The summed E-state index contributed by atoms with van der Waals surface area (Å²) in [4.78, 5) is 0. The number of allylic oxidation sites excluding steroid dienone is 1. The normalized spacial score (nSPS) is 28.6. The SMILES string of the molecule is CCC/C=C/C1CCC(C2CCC(c3ccc(OCC)c(F)c3F)CC2)CO1. The molecular weight excluding hydrogens is 358 g/mol. The van der Waals surface area contributed by atoms with Crippen LogP contribution in [-0.2, 0) is 4.74 Å².